The second-order valence-electron chi connectivity index (χ2n) is 14.4. The quantitative estimate of drug-likeness (QED) is 0.241. The summed E-state index contributed by atoms with van der Waals surface area (Å²) in [5, 5.41) is 28.3. The number of nitrogens with zero attached hydrogens (tertiary/aromatic N) is 2. The van der Waals surface area contributed by atoms with Crippen LogP contribution >= 0.6 is 0 Å². The van der Waals surface area contributed by atoms with Gasteiger partial charge in [-0.3, -0.25) is 14.5 Å². The molecule has 1 saturated carbocycles. The molecule has 2 aliphatic heterocycles. The molecule has 2 fully saturated rings. The molecule has 14 heteroatoms. The zero-order valence-electron chi connectivity index (χ0n) is 28.3. The Bertz CT molecular complexity index is 1290. The van der Waals surface area contributed by atoms with E-state index in [0.717, 1.165) is 32.1 Å². The van der Waals surface area contributed by atoms with E-state index < -0.39 is 61.0 Å². The topological polar surface area (TPSA) is 161 Å². The van der Waals surface area contributed by atoms with Gasteiger partial charge in [0.25, 0.3) is 0 Å². The van der Waals surface area contributed by atoms with Crippen molar-refractivity contribution in [2.75, 3.05) is 6.54 Å². The summed E-state index contributed by atoms with van der Waals surface area (Å²) in [7, 11) is -1.81. The smallest absolute Gasteiger partial charge is 0.444 e. The number of fused-ring (bicyclic) bond motifs is 1. The number of hydrogen-bond acceptors (Lipinski definition) is 7. The van der Waals surface area contributed by atoms with Gasteiger partial charge >= 0.3 is 19.2 Å². The van der Waals surface area contributed by atoms with E-state index in [-0.39, 0.29) is 43.4 Å². The fraction of sp³-hybridized carbons (Fsp3) is 0.697. The van der Waals surface area contributed by atoms with Crippen molar-refractivity contribution in [3.8, 4) is 0 Å². The molecule has 1 aliphatic carbocycles. The number of hydrogen-bond donors (Lipinski definition) is 5. The highest BCUT2D eigenvalue weighted by Crippen LogP contribution is 2.31. The molecule has 3 aliphatic rings. The van der Waals surface area contributed by atoms with Gasteiger partial charge < -0.3 is 35.6 Å². The van der Waals surface area contributed by atoms with Gasteiger partial charge in [-0.1, -0.05) is 65.5 Å². The molecule has 47 heavy (non-hydrogen) atoms. The average molecular weight is 660 g/mol. The minimum Gasteiger partial charge on any atom is -0.444 e. The van der Waals surface area contributed by atoms with Crippen molar-refractivity contribution in [2.24, 2.45) is 11.3 Å². The van der Waals surface area contributed by atoms with Crippen LogP contribution in [0.3, 0.4) is 0 Å². The van der Waals surface area contributed by atoms with Gasteiger partial charge in [-0.15, -0.1) is 0 Å². The lowest BCUT2D eigenvalue weighted by Crippen LogP contribution is -2.59. The van der Waals surface area contributed by atoms with Crippen LogP contribution in [0.2, 0.25) is 0 Å². The van der Waals surface area contributed by atoms with Crippen molar-refractivity contribution in [1.82, 2.24) is 25.8 Å². The summed E-state index contributed by atoms with van der Waals surface area (Å²) in [4.78, 5) is 57.3. The van der Waals surface area contributed by atoms with E-state index in [4.69, 9.17) is 4.74 Å². The minimum atomic E-state index is -1.81. The van der Waals surface area contributed by atoms with Crippen molar-refractivity contribution >= 4 is 31.1 Å². The van der Waals surface area contributed by atoms with Crippen LogP contribution in [-0.2, 0) is 27.4 Å². The largest absolute Gasteiger partial charge is 0.475 e. The van der Waals surface area contributed by atoms with E-state index in [1.54, 1.807) is 12.1 Å². The summed E-state index contributed by atoms with van der Waals surface area (Å²) in [5.41, 5.74) is 0.897. The number of likely N-dealkylation sites (tertiary alicyclic amines) is 1. The van der Waals surface area contributed by atoms with Crippen molar-refractivity contribution < 1.29 is 38.4 Å². The van der Waals surface area contributed by atoms with Crippen LogP contribution in [0.25, 0.3) is 0 Å². The first-order chi connectivity index (χ1) is 22.2. The number of ether oxygens (including phenoxy) is 1. The summed E-state index contributed by atoms with van der Waals surface area (Å²) in [6, 6.07) is 2.00. The summed E-state index contributed by atoms with van der Waals surface area (Å²) < 4.78 is 20.2. The maximum Gasteiger partial charge on any atom is 0.475 e. The van der Waals surface area contributed by atoms with Crippen LogP contribution in [0.5, 0.6) is 0 Å². The van der Waals surface area contributed by atoms with Gasteiger partial charge in [-0.25, -0.2) is 14.0 Å². The summed E-state index contributed by atoms with van der Waals surface area (Å²) in [6.45, 7) is 9.87. The lowest BCUT2D eigenvalue weighted by atomic mass is 9.76. The molecule has 1 saturated heterocycles. The number of carbonyl (C=O) groups is 4. The Morgan fingerprint density at radius 3 is 2.38 bits per heavy atom. The third-order valence-electron chi connectivity index (χ3n) is 9.91. The third kappa shape index (κ3) is 9.16. The van der Waals surface area contributed by atoms with Crippen LogP contribution in [0.15, 0.2) is 18.2 Å². The summed E-state index contributed by atoms with van der Waals surface area (Å²) in [5.74, 6) is -2.57. The van der Waals surface area contributed by atoms with Crippen molar-refractivity contribution in [3.05, 3.63) is 35.1 Å². The second kappa shape index (κ2) is 15.7. The van der Waals surface area contributed by atoms with Crippen molar-refractivity contribution in [3.63, 3.8) is 0 Å². The Balaban J connectivity index is 1.55. The first kappa shape index (κ1) is 36.5. The van der Waals surface area contributed by atoms with Gasteiger partial charge in [0.05, 0.1) is 19.0 Å². The highest BCUT2D eigenvalue weighted by atomic mass is 19.1. The second-order valence-corrected chi connectivity index (χ2v) is 14.4. The molecule has 4 rings (SSSR count). The van der Waals surface area contributed by atoms with Crippen molar-refractivity contribution in [1.29, 1.82) is 0 Å². The molecule has 2 heterocycles. The van der Waals surface area contributed by atoms with Crippen LogP contribution in [-0.4, -0.2) is 87.6 Å². The van der Waals surface area contributed by atoms with Crippen LogP contribution in [0, 0.1) is 17.2 Å². The fourth-order valence-electron chi connectivity index (χ4n) is 6.61. The summed E-state index contributed by atoms with van der Waals surface area (Å²) >= 11 is 0. The SMILES string of the molecule is CCC[C@H](NC(=O)[C@@H]1C[C@@H](OC(=O)N2Cc3cccc(F)c3C2)CN1C(=O)[C@@H](NC(=O)N[C@@H](C)C(C)(C)C)C1CCCCC1)B(O)O. The Kier molecular flexibility index (Phi) is 12.2. The maximum absolute atomic E-state index is 14.4. The van der Waals surface area contributed by atoms with Gasteiger partial charge in [0.15, 0.2) is 0 Å². The number of halogens is 1. The molecule has 260 valence electrons. The molecule has 0 radical (unpaired) electrons. The van der Waals surface area contributed by atoms with Gasteiger partial charge in [-0.05, 0) is 49.1 Å². The predicted molar refractivity (Wildman–Crippen MR) is 174 cm³/mol. The first-order valence-corrected chi connectivity index (χ1v) is 16.9. The molecular weight excluding hydrogens is 608 g/mol. The van der Waals surface area contributed by atoms with Gasteiger partial charge in [0, 0.05) is 24.6 Å². The Morgan fingerprint density at radius 1 is 1.06 bits per heavy atom. The molecule has 5 atom stereocenters. The lowest BCUT2D eigenvalue weighted by molar-refractivity contribution is -0.141. The van der Waals surface area contributed by atoms with Crippen molar-refractivity contribution in [2.45, 2.75) is 129 Å². The van der Waals surface area contributed by atoms with Gasteiger partial charge in [0.1, 0.15) is 24.0 Å². The number of rotatable bonds is 10. The number of urea groups is 1. The van der Waals surface area contributed by atoms with E-state index >= 15 is 0 Å². The molecule has 12 nitrogen and oxygen atoms in total. The van der Waals surface area contributed by atoms with Crippen LogP contribution in [0.1, 0.15) is 97.1 Å². The summed E-state index contributed by atoms with van der Waals surface area (Å²) in [6.07, 6.45) is 3.61. The molecule has 5 N–H and O–H groups in total. The number of carbonyl (C=O) groups excluding carboxylic acids is 4. The minimum absolute atomic E-state index is 0.0243. The maximum atomic E-state index is 14.4. The standard InChI is InChI=1S/C33H51BFN5O7/c1-6-11-27(34(45)46)37-29(41)26-16-23(47-32(44)39-17-22-14-10-15-25(35)24(22)19-39)18-40(26)30(42)28(21-12-8-7-9-13-21)38-31(43)36-20(2)33(3,4)5/h10,14-15,20-21,23,26-28,45-46H,6-9,11-13,16-19H2,1-5H3,(H,37,41)(H2,36,38,43)/t20-,23+,26-,27-,28-/m0/s1. The van der Waals surface area contributed by atoms with E-state index in [1.807, 2.05) is 34.6 Å². The lowest BCUT2D eigenvalue weighted by Gasteiger charge is -2.35. The van der Waals surface area contributed by atoms with E-state index in [9.17, 15) is 33.6 Å². The van der Waals surface area contributed by atoms with Gasteiger partial charge in [-0.2, -0.15) is 0 Å². The van der Waals surface area contributed by atoms with Gasteiger partial charge in [0.2, 0.25) is 11.8 Å². The molecule has 5 amide bonds. The Labute approximate surface area is 277 Å². The fourth-order valence-corrected chi connectivity index (χ4v) is 6.61. The third-order valence-corrected chi connectivity index (χ3v) is 9.91. The molecule has 0 bridgehead atoms. The first-order valence-electron chi connectivity index (χ1n) is 16.9. The monoisotopic (exact) mass is 659 g/mol. The normalized spacial score (nSPS) is 21.8. The van der Waals surface area contributed by atoms with E-state index in [0.29, 0.717) is 24.0 Å². The molecule has 1 aromatic rings. The van der Waals surface area contributed by atoms with E-state index in [2.05, 4.69) is 16.0 Å². The Hall–Kier alpha value is -3.39. The zero-order valence-corrected chi connectivity index (χ0v) is 28.3. The average Bonchev–Trinajstić information content (AvgIpc) is 3.65. The van der Waals surface area contributed by atoms with Crippen LogP contribution in [0.4, 0.5) is 14.0 Å². The molecular formula is C33H51BFN5O7. The Morgan fingerprint density at radius 2 is 1.77 bits per heavy atom. The zero-order chi connectivity index (χ0) is 34.5. The molecule has 1 aromatic carbocycles. The number of benzene rings is 1. The highest BCUT2D eigenvalue weighted by Gasteiger charge is 2.46. The molecule has 0 unspecified atom stereocenters. The van der Waals surface area contributed by atoms with Crippen LogP contribution < -0.4 is 16.0 Å². The van der Waals surface area contributed by atoms with E-state index in [1.165, 1.54) is 15.9 Å². The number of amides is 5. The molecule has 0 aromatic heterocycles. The number of nitrogens with one attached hydrogen (secondary N) is 3. The predicted octanol–water partition coefficient (Wildman–Crippen LogP) is 3.23. The molecule has 0 spiro atoms. The highest BCUT2D eigenvalue weighted by molar-refractivity contribution is 6.43.